The van der Waals surface area contributed by atoms with Crippen molar-refractivity contribution in [3.63, 3.8) is 0 Å². The lowest BCUT2D eigenvalue weighted by Gasteiger charge is -2.26. The van der Waals surface area contributed by atoms with Gasteiger partial charge in [-0.2, -0.15) is 0 Å². The van der Waals surface area contributed by atoms with Gasteiger partial charge in [0.25, 0.3) is 0 Å². The molecule has 0 aromatic heterocycles. The Morgan fingerprint density at radius 2 is 1.80 bits per heavy atom. The minimum Gasteiger partial charge on any atom is -0.421 e. The third-order valence-electron chi connectivity index (χ3n) is 4.13. The lowest BCUT2D eigenvalue weighted by atomic mass is 9.79. The Morgan fingerprint density at radius 3 is 2.60 bits per heavy atom. The Kier molecular flexibility index (Phi) is 3.38. The molecule has 1 aromatic rings. The maximum absolute atomic E-state index is 12.3. The smallest absolute Gasteiger partial charge is 0.376 e. The summed E-state index contributed by atoms with van der Waals surface area (Å²) in [6.07, 6.45) is 6.24. The fourth-order valence-electron chi connectivity index (χ4n) is 3.28. The van der Waals surface area contributed by atoms with Gasteiger partial charge in [-0.05, 0) is 55.7 Å². The van der Waals surface area contributed by atoms with Crippen molar-refractivity contribution < 1.29 is 19.1 Å². The SMILES string of the molecule is O=CC(=O)Oc1cc2c(c3c1CCCC3=O)CCCC2. The van der Waals surface area contributed by atoms with Gasteiger partial charge < -0.3 is 4.74 Å². The van der Waals surface area contributed by atoms with E-state index < -0.39 is 5.97 Å². The van der Waals surface area contributed by atoms with Crippen molar-refractivity contribution in [2.45, 2.75) is 44.9 Å². The molecule has 0 amide bonds. The molecule has 0 radical (unpaired) electrons. The molecule has 1 aromatic carbocycles. The number of ketones is 1. The quantitative estimate of drug-likeness (QED) is 0.358. The highest BCUT2D eigenvalue weighted by Crippen LogP contribution is 2.37. The molecule has 104 valence electrons. The third-order valence-corrected chi connectivity index (χ3v) is 4.13. The second kappa shape index (κ2) is 5.19. The lowest BCUT2D eigenvalue weighted by molar-refractivity contribution is -0.141. The predicted octanol–water partition coefficient (Wildman–Crippen LogP) is 2.19. The lowest BCUT2D eigenvalue weighted by Crippen LogP contribution is -2.20. The second-order valence-electron chi connectivity index (χ2n) is 5.39. The van der Waals surface area contributed by atoms with Crippen molar-refractivity contribution >= 4 is 18.0 Å². The molecular weight excluding hydrogens is 256 g/mol. The van der Waals surface area contributed by atoms with Crippen LogP contribution in [0.4, 0.5) is 0 Å². The third kappa shape index (κ3) is 2.15. The van der Waals surface area contributed by atoms with Gasteiger partial charge in [0.15, 0.2) is 5.78 Å². The normalized spacial score (nSPS) is 17.1. The Labute approximate surface area is 117 Å². The molecule has 0 saturated carbocycles. The fraction of sp³-hybridized carbons (Fsp3) is 0.438. The molecule has 0 heterocycles. The molecule has 4 nitrogen and oxygen atoms in total. The van der Waals surface area contributed by atoms with Crippen LogP contribution in [0.25, 0.3) is 0 Å². The molecule has 2 aliphatic rings. The predicted molar refractivity (Wildman–Crippen MR) is 72.1 cm³/mol. The first-order valence-electron chi connectivity index (χ1n) is 7.08. The number of carbonyl (C=O) groups is 3. The highest BCUT2D eigenvalue weighted by Gasteiger charge is 2.28. The van der Waals surface area contributed by atoms with E-state index >= 15 is 0 Å². The number of carbonyl (C=O) groups excluding carboxylic acids is 3. The van der Waals surface area contributed by atoms with Gasteiger partial charge >= 0.3 is 5.97 Å². The second-order valence-corrected chi connectivity index (χ2v) is 5.39. The molecule has 0 spiro atoms. The van der Waals surface area contributed by atoms with Crippen LogP contribution in [0.3, 0.4) is 0 Å². The highest BCUT2D eigenvalue weighted by atomic mass is 16.5. The van der Waals surface area contributed by atoms with Gasteiger partial charge in [0, 0.05) is 17.5 Å². The molecule has 20 heavy (non-hydrogen) atoms. The maximum atomic E-state index is 12.3. The summed E-state index contributed by atoms with van der Waals surface area (Å²) in [5.41, 5.74) is 3.82. The van der Waals surface area contributed by atoms with E-state index in [-0.39, 0.29) is 12.1 Å². The van der Waals surface area contributed by atoms with Gasteiger partial charge in [-0.1, -0.05) is 0 Å². The van der Waals surface area contributed by atoms with E-state index in [9.17, 15) is 14.4 Å². The number of esters is 1. The van der Waals surface area contributed by atoms with Crippen molar-refractivity contribution in [3.8, 4) is 5.75 Å². The number of ether oxygens (including phenoxy) is 1. The number of hydrogen-bond donors (Lipinski definition) is 0. The maximum Gasteiger partial charge on any atom is 0.376 e. The topological polar surface area (TPSA) is 60.4 Å². The molecule has 0 N–H and O–H groups in total. The Bertz CT molecular complexity index is 601. The van der Waals surface area contributed by atoms with Crippen molar-refractivity contribution in [1.29, 1.82) is 0 Å². The van der Waals surface area contributed by atoms with Crippen LogP contribution in [0, 0.1) is 0 Å². The van der Waals surface area contributed by atoms with Gasteiger partial charge in [0.2, 0.25) is 6.29 Å². The Balaban J connectivity index is 2.15. The van der Waals surface area contributed by atoms with Gasteiger partial charge in [-0.25, -0.2) is 4.79 Å². The van der Waals surface area contributed by atoms with Crippen LogP contribution >= 0.6 is 0 Å². The summed E-state index contributed by atoms with van der Waals surface area (Å²) in [5, 5.41) is 0. The molecule has 4 heteroatoms. The number of rotatable bonds is 2. The fourth-order valence-corrected chi connectivity index (χ4v) is 3.28. The molecule has 0 saturated heterocycles. The zero-order chi connectivity index (χ0) is 14.1. The number of fused-ring (bicyclic) bond motifs is 3. The molecular formula is C16H16O4. The largest absolute Gasteiger partial charge is 0.421 e. The van der Waals surface area contributed by atoms with Crippen molar-refractivity contribution in [2.75, 3.05) is 0 Å². The number of Topliss-reactive ketones (excluding diaryl/α,β-unsaturated/α-hetero) is 1. The van der Waals surface area contributed by atoms with Crippen LogP contribution in [0.2, 0.25) is 0 Å². The number of benzene rings is 1. The summed E-state index contributed by atoms with van der Waals surface area (Å²) >= 11 is 0. The van der Waals surface area contributed by atoms with E-state index in [4.69, 9.17) is 4.74 Å². The van der Waals surface area contributed by atoms with E-state index in [1.54, 1.807) is 0 Å². The van der Waals surface area contributed by atoms with Gasteiger partial charge in [-0.15, -0.1) is 0 Å². The average molecular weight is 272 g/mol. The van der Waals surface area contributed by atoms with Crippen LogP contribution in [-0.4, -0.2) is 18.0 Å². The summed E-state index contributed by atoms with van der Waals surface area (Å²) in [6, 6.07) is 1.85. The summed E-state index contributed by atoms with van der Waals surface area (Å²) in [4.78, 5) is 34.0. The number of aryl methyl sites for hydroxylation is 1. The van der Waals surface area contributed by atoms with Gasteiger partial charge in [-0.3, -0.25) is 9.59 Å². The summed E-state index contributed by atoms with van der Waals surface area (Å²) in [5.74, 6) is -0.347. The first-order valence-corrected chi connectivity index (χ1v) is 7.08. The van der Waals surface area contributed by atoms with E-state index in [2.05, 4.69) is 0 Å². The van der Waals surface area contributed by atoms with Gasteiger partial charge in [0.05, 0.1) is 0 Å². The van der Waals surface area contributed by atoms with E-state index in [1.807, 2.05) is 6.07 Å². The zero-order valence-corrected chi connectivity index (χ0v) is 11.2. The van der Waals surface area contributed by atoms with Crippen molar-refractivity contribution in [3.05, 3.63) is 28.3 Å². The number of hydrogen-bond acceptors (Lipinski definition) is 4. The summed E-state index contributed by atoms with van der Waals surface area (Å²) in [6.45, 7) is 0. The minimum atomic E-state index is -0.902. The minimum absolute atomic E-state index is 0.147. The van der Waals surface area contributed by atoms with Crippen LogP contribution in [-0.2, 0) is 28.9 Å². The van der Waals surface area contributed by atoms with Crippen LogP contribution in [0.1, 0.15) is 52.7 Å². The summed E-state index contributed by atoms with van der Waals surface area (Å²) < 4.78 is 5.12. The summed E-state index contributed by atoms with van der Waals surface area (Å²) in [7, 11) is 0. The molecule has 0 fully saturated rings. The van der Waals surface area contributed by atoms with Crippen LogP contribution in [0.15, 0.2) is 6.07 Å². The molecule has 0 atom stereocenters. The Hall–Kier alpha value is -1.97. The van der Waals surface area contributed by atoms with Crippen molar-refractivity contribution in [2.24, 2.45) is 0 Å². The highest BCUT2D eigenvalue weighted by molar-refractivity contribution is 6.21. The van der Waals surface area contributed by atoms with Crippen molar-refractivity contribution in [1.82, 2.24) is 0 Å². The number of aldehydes is 1. The molecule has 0 aliphatic heterocycles. The first kappa shape index (κ1) is 13.0. The first-order chi connectivity index (χ1) is 9.70. The van der Waals surface area contributed by atoms with E-state index in [0.29, 0.717) is 12.2 Å². The molecule has 2 aliphatic carbocycles. The average Bonchev–Trinajstić information content (AvgIpc) is 2.47. The Morgan fingerprint density at radius 1 is 1.05 bits per heavy atom. The van der Waals surface area contributed by atoms with Gasteiger partial charge in [0.1, 0.15) is 5.75 Å². The molecule has 0 bridgehead atoms. The molecule has 0 unspecified atom stereocenters. The van der Waals surface area contributed by atoms with E-state index in [0.717, 1.165) is 60.8 Å². The standard InChI is InChI=1S/C16H16O4/c17-9-15(19)20-14-8-10-4-1-2-5-11(10)16-12(14)6-3-7-13(16)18/h8-9H,1-7H2. The zero-order valence-electron chi connectivity index (χ0n) is 11.2. The monoisotopic (exact) mass is 272 g/mol. The van der Waals surface area contributed by atoms with Crippen LogP contribution < -0.4 is 4.74 Å². The van der Waals surface area contributed by atoms with E-state index in [1.165, 1.54) is 0 Å². The van der Waals surface area contributed by atoms with Crippen LogP contribution in [0.5, 0.6) is 5.75 Å². The molecule has 3 rings (SSSR count).